The summed E-state index contributed by atoms with van der Waals surface area (Å²) in [4.78, 5) is 0.206. The molecule has 0 aliphatic carbocycles. The molecule has 0 spiro atoms. The topological polar surface area (TPSA) is 66.8 Å². The molecular weight excluding hydrogens is 290 g/mol. The molecule has 120 valence electrons. The number of ether oxygens (including phenoxy) is 1. The van der Waals surface area contributed by atoms with Crippen molar-refractivity contribution in [1.29, 1.82) is 0 Å². The molecule has 0 aliphatic rings. The van der Waals surface area contributed by atoms with Gasteiger partial charge >= 0.3 is 0 Å². The Kier molecular flexibility index (Phi) is 6.80. The Balaban J connectivity index is 3.18. The van der Waals surface area contributed by atoms with Gasteiger partial charge in [0.05, 0.1) is 17.6 Å². The summed E-state index contributed by atoms with van der Waals surface area (Å²) < 4.78 is 32.1. The highest BCUT2D eigenvalue weighted by Gasteiger charge is 2.28. The molecule has 0 bridgehead atoms. The number of sulfonamides is 1. The number of nitrogens with zero attached hydrogens (tertiary/aromatic N) is 1. The van der Waals surface area contributed by atoms with Crippen molar-refractivity contribution in [3.63, 3.8) is 0 Å². The molecule has 0 radical (unpaired) electrons. The van der Waals surface area contributed by atoms with Crippen molar-refractivity contribution >= 4 is 10.0 Å². The molecule has 0 amide bonds. The molecule has 5 nitrogen and oxygen atoms in total. The summed E-state index contributed by atoms with van der Waals surface area (Å²) >= 11 is 0. The fraction of sp³-hybridized carbons (Fsp3) is 0.600. The van der Waals surface area contributed by atoms with E-state index in [1.165, 1.54) is 10.4 Å². The Morgan fingerprint density at radius 3 is 2.52 bits per heavy atom. The van der Waals surface area contributed by atoms with E-state index >= 15 is 0 Å². The highest BCUT2D eigenvalue weighted by atomic mass is 32.2. The molecule has 0 aliphatic heterocycles. The zero-order valence-electron chi connectivity index (χ0n) is 13.1. The van der Waals surface area contributed by atoms with E-state index in [-0.39, 0.29) is 10.9 Å². The van der Waals surface area contributed by atoms with Crippen LogP contribution in [0.2, 0.25) is 0 Å². The van der Waals surface area contributed by atoms with Crippen molar-refractivity contribution in [2.24, 2.45) is 0 Å². The minimum absolute atomic E-state index is 0.111. The number of rotatable bonds is 8. The molecule has 21 heavy (non-hydrogen) atoms. The van der Waals surface area contributed by atoms with E-state index in [0.29, 0.717) is 18.7 Å². The Bertz CT molecular complexity index is 542. The van der Waals surface area contributed by atoms with Crippen LogP contribution in [0.3, 0.4) is 0 Å². The summed E-state index contributed by atoms with van der Waals surface area (Å²) in [6, 6.07) is 6.35. The highest BCUT2D eigenvalue weighted by molar-refractivity contribution is 7.89. The van der Waals surface area contributed by atoms with Gasteiger partial charge in [0.1, 0.15) is 0 Å². The third-order valence-electron chi connectivity index (χ3n) is 3.55. The molecule has 0 saturated heterocycles. The lowest BCUT2D eigenvalue weighted by Gasteiger charge is -2.27. The third-order valence-corrected chi connectivity index (χ3v) is 5.55. The van der Waals surface area contributed by atoms with Crippen molar-refractivity contribution in [2.75, 3.05) is 20.3 Å². The summed E-state index contributed by atoms with van der Waals surface area (Å²) in [5, 5.41) is 9.62. The van der Waals surface area contributed by atoms with Gasteiger partial charge in [0, 0.05) is 19.7 Å². The Morgan fingerprint density at radius 1 is 1.33 bits per heavy atom. The summed E-state index contributed by atoms with van der Waals surface area (Å²) in [7, 11) is -2.05. The van der Waals surface area contributed by atoms with Crippen LogP contribution in [0, 0.1) is 0 Å². The van der Waals surface area contributed by atoms with Gasteiger partial charge in [-0.1, -0.05) is 19.1 Å². The van der Waals surface area contributed by atoms with Crippen LogP contribution >= 0.6 is 0 Å². The molecule has 2 unspecified atom stereocenters. The smallest absolute Gasteiger partial charge is 0.243 e. The van der Waals surface area contributed by atoms with E-state index in [2.05, 4.69) is 0 Å². The van der Waals surface area contributed by atoms with Crippen LogP contribution in [0.4, 0.5) is 0 Å². The monoisotopic (exact) mass is 315 g/mol. The lowest BCUT2D eigenvalue weighted by atomic mass is 10.1. The molecule has 2 atom stereocenters. The number of methoxy groups -OCH3 is 1. The van der Waals surface area contributed by atoms with Gasteiger partial charge in [0.2, 0.25) is 10.0 Å². The first kappa shape index (κ1) is 18.1. The van der Waals surface area contributed by atoms with E-state index in [9.17, 15) is 13.5 Å². The molecule has 0 aromatic heterocycles. The van der Waals surface area contributed by atoms with Crippen LogP contribution in [0.1, 0.15) is 38.9 Å². The van der Waals surface area contributed by atoms with Gasteiger partial charge in [0.15, 0.2) is 0 Å². The molecular formula is C15H25NO4S. The maximum Gasteiger partial charge on any atom is 0.243 e. The predicted molar refractivity (Wildman–Crippen MR) is 82.6 cm³/mol. The molecule has 0 heterocycles. The summed E-state index contributed by atoms with van der Waals surface area (Å²) in [6.45, 7) is 6.10. The number of hydrogen-bond donors (Lipinski definition) is 1. The third kappa shape index (κ3) is 4.51. The number of aliphatic hydroxyl groups is 1. The molecule has 1 N–H and O–H groups in total. The van der Waals surface area contributed by atoms with Crippen molar-refractivity contribution in [3.8, 4) is 0 Å². The van der Waals surface area contributed by atoms with Crippen LogP contribution < -0.4 is 0 Å². The predicted octanol–water partition coefficient (Wildman–Crippen LogP) is 2.18. The summed E-state index contributed by atoms with van der Waals surface area (Å²) in [6.07, 6.45) is 0.0233. The second-order valence-electron chi connectivity index (χ2n) is 5.11. The van der Waals surface area contributed by atoms with Crippen molar-refractivity contribution in [1.82, 2.24) is 4.31 Å². The quantitative estimate of drug-likeness (QED) is 0.798. The molecule has 6 heteroatoms. The summed E-state index contributed by atoms with van der Waals surface area (Å²) in [5.74, 6) is 0. The van der Waals surface area contributed by atoms with Crippen LogP contribution in [-0.2, 0) is 14.8 Å². The minimum atomic E-state index is -3.60. The summed E-state index contributed by atoms with van der Waals surface area (Å²) in [5.41, 5.74) is 0.590. The first-order chi connectivity index (χ1) is 9.84. The zero-order chi connectivity index (χ0) is 16.0. The largest absolute Gasteiger partial charge is 0.389 e. The van der Waals surface area contributed by atoms with Gasteiger partial charge in [-0.05, 0) is 38.0 Å². The fourth-order valence-electron chi connectivity index (χ4n) is 2.03. The van der Waals surface area contributed by atoms with E-state index in [1.54, 1.807) is 32.2 Å². The van der Waals surface area contributed by atoms with Gasteiger partial charge in [-0.3, -0.25) is 0 Å². The maximum atomic E-state index is 12.8. The average Bonchev–Trinajstić information content (AvgIpc) is 2.47. The molecule has 1 aromatic rings. The van der Waals surface area contributed by atoms with E-state index in [4.69, 9.17) is 4.74 Å². The van der Waals surface area contributed by atoms with Crippen LogP contribution in [0.25, 0.3) is 0 Å². The maximum absolute atomic E-state index is 12.8. The number of benzene rings is 1. The van der Waals surface area contributed by atoms with Gasteiger partial charge < -0.3 is 9.84 Å². The van der Waals surface area contributed by atoms with Gasteiger partial charge in [0.25, 0.3) is 0 Å². The Hall–Kier alpha value is -0.950. The van der Waals surface area contributed by atoms with Gasteiger partial charge in [-0.15, -0.1) is 0 Å². The molecule has 0 saturated carbocycles. The molecule has 1 aromatic carbocycles. The van der Waals surface area contributed by atoms with Crippen molar-refractivity contribution in [3.05, 3.63) is 29.8 Å². The van der Waals surface area contributed by atoms with Crippen molar-refractivity contribution < 1.29 is 18.3 Å². The first-order valence-electron chi connectivity index (χ1n) is 7.13. The second-order valence-corrected chi connectivity index (χ2v) is 7.00. The SMILES string of the molecule is CCC(C)N(CCOC)S(=O)(=O)c1cccc(C(C)O)c1. The number of aliphatic hydroxyl groups excluding tert-OH is 1. The Labute approximate surface area is 127 Å². The standard InChI is InChI=1S/C15H25NO4S/c1-5-12(2)16(9-10-20-4)21(18,19)15-8-6-7-14(11-15)13(3)17/h6-8,11-13,17H,5,9-10H2,1-4H3. The normalized spacial score (nSPS) is 15.1. The number of hydrogen-bond acceptors (Lipinski definition) is 4. The zero-order valence-corrected chi connectivity index (χ0v) is 13.9. The van der Waals surface area contributed by atoms with Gasteiger partial charge in [-0.2, -0.15) is 4.31 Å². The lowest BCUT2D eigenvalue weighted by Crippen LogP contribution is -2.40. The van der Waals surface area contributed by atoms with Crippen LogP contribution in [0.15, 0.2) is 29.2 Å². The van der Waals surface area contributed by atoms with Crippen LogP contribution in [0.5, 0.6) is 0 Å². The minimum Gasteiger partial charge on any atom is -0.389 e. The highest BCUT2D eigenvalue weighted by Crippen LogP contribution is 2.22. The second kappa shape index (κ2) is 7.89. The van der Waals surface area contributed by atoms with E-state index in [0.717, 1.165) is 6.42 Å². The van der Waals surface area contributed by atoms with Gasteiger partial charge in [-0.25, -0.2) is 8.42 Å². The van der Waals surface area contributed by atoms with E-state index < -0.39 is 16.1 Å². The Morgan fingerprint density at radius 2 is 2.00 bits per heavy atom. The lowest BCUT2D eigenvalue weighted by molar-refractivity contribution is 0.167. The fourth-order valence-corrected chi connectivity index (χ4v) is 3.78. The van der Waals surface area contributed by atoms with Crippen LogP contribution in [-0.4, -0.2) is 44.1 Å². The van der Waals surface area contributed by atoms with E-state index in [1.807, 2.05) is 13.8 Å². The van der Waals surface area contributed by atoms with Crippen molar-refractivity contribution in [2.45, 2.75) is 44.2 Å². The first-order valence-corrected chi connectivity index (χ1v) is 8.57. The molecule has 0 fully saturated rings. The molecule has 1 rings (SSSR count). The average molecular weight is 315 g/mol.